The molecule has 1 unspecified atom stereocenters. The van der Waals surface area contributed by atoms with Gasteiger partial charge in [0.25, 0.3) is 0 Å². The molecule has 0 bridgehead atoms. The second-order valence-electron chi connectivity index (χ2n) is 4.15. The molecule has 0 aliphatic carbocycles. The Labute approximate surface area is 86.6 Å². The number of rotatable bonds is 6. The van der Waals surface area contributed by atoms with Crippen molar-refractivity contribution in [2.24, 2.45) is 5.92 Å². The van der Waals surface area contributed by atoms with E-state index in [0.717, 1.165) is 26.2 Å². The van der Waals surface area contributed by atoms with Gasteiger partial charge < -0.3 is 14.8 Å². The van der Waals surface area contributed by atoms with Crippen molar-refractivity contribution in [1.82, 2.24) is 10.2 Å². The molecule has 1 atom stereocenters. The molecule has 0 aromatic heterocycles. The minimum absolute atomic E-state index is 0.334. The molecular formula is C10H22N2O2. The van der Waals surface area contributed by atoms with Crippen molar-refractivity contribution in [1.29, 1.82) is 0 Å². The van der Waals surface area contributed by atoms with Gasteiger partial charge in [0.1, 0.15) is 0 Å². The zero-order chi connectivity index (χ0) is 10.6. The van der Waals surface area contributed by atoms with Crippen molar-refractivity contribution < 1.29 is 9.47 Å². The van der Waals surface area contributed by atoms with Crippen LogP contribution in [0, 0.1) is 5.92 Å². The van der Waals surface area contributed by atoms with Crippen LogP contribution in [-0.2, 0) is 9.47 Å². The lowest BCUT2D eigenvalue weighted by Crippen LogP contribution is -2.64. The molecule has 0 saturated carbocycles. The summed E-state index contributed by atoms with van der Waals surface area (Å²) in [4.78, 5) is 2.36. The third kappa shape index (κ3) is 2.67. The zero-order valence-electron chi connectivity index (χ0n) is 9.67. The quantitative estimate of drug-likeness (QED) is 0.622. The van der Waals surface area contributed by atoms with Crippen LogP contribution in [-0.4, -0.2) is 58.1 Å². The van der Waals surface area contributed by atoms with Crippen molar-refractivity contribution >= 4 is 0 Å². The topological polar surface area (TPSA) is 33.7 Å². The first kappa shape index (κ1) is 11.9. The van der Waals surface area contributed by atoms with Gasteiger partial charge in [-0.05, 0) is 19.5 Å². The van der Waals surface area contributed by atoms with Gasteiger partial charge in [0.15, 0.2) is 5.79 Å². The Morgan fingerprint density at radius 1 is 1.36 bits per heavy atom. The summed E-state index contributed by atoms with van der Waals surface area (Å²) < 4.78 is 10.6. The maximum atomic E-state index is 5.32. The Balaban J connectivity index is 2.20. The van der Waals surface area contributed by atoms with Crippen LogP contribution >= 0.6 is 0 Å². The fourth-order valence-electron chi connectivity index (χ4n) is 1.96. The first-order chi connectivity index (χ1) is 6.65. The van der Waals surface area contributed by atoms with E-state index in [1.54, 1.807) is 14.2 Å². The molecule has 4 nitrogen and oxygen atoms in total. The molecule has 0 aromatic carbocycles. The van der Waals surface area contributed by atoms with Gasteiger partial charge in [-0.1, -0.05) is 6.92 Å². The fourth-order valence-corrected chi connectivity index (χ4v) is 1.96. The van der Waals surface area contributed by atoms with Gasteiger partial charge in [-0.3, -0.25) is 4.90 Å². The van der Waals surface area contributed by atoms with E-state index in [1.807, 2.05) is 7.05 Å². The van der Waals surface area contributed by atoms with E-state index in [9.17, 15) is 0 Å². The second-order valence-corrected chi connectivity index (χ2v) is 4.15. The van der Waals surface area contributed by atoms with Crippen LogP contribution in [0.3, 0.4) is 0 Å². The minimum atomic E-state index is -0.334. The van der Waals surface area contributed by atoms with Crippen LogP contribution in [0.5, 0.6) is 0 Å². The molecule has 14 heavy (non-hydrogen) atoms. The third-order valence-electron chi connectivity index (χ3n) is 2.80. The summed E-state index contributed by atoms with van der Waals surface area (Å²) in [5, 5.41) is 3.18. The van der Waals surface area contributed by atoms with Crippen molar-refractivity contribution in [2.75, 3.05) is 47.4 Å². The number of nitrogens with one attached hydrogen (secondary N) is 1. The predicted octanol–water partition coefficient (Wildman–Crippen LogP) is 0.147. The van der Waals surface area contributed by atoms with Crippen LogP contribution in [0.2, 0.25) is 0 Å². The van der Waals surface area contributed by atoms with E-state index < -0.39 is 0 Å². The highest BCUT2D eigenvalue weighted by atomic mass is 16.7. The molecule has 4 heteroatoms. The highest BCUT2D eigenvalue weighted by Crippen LogP contribution is 2.25. The molecule has 1 fully saturated rings. The molecule has 1 N–H and O–H groups in total. The molecule has 1 aliphatic heterocycles. The second kappa shape index (κ2) is 5.07. The Morgan fingerprint density at radius 3 is 2.36 bits per heavy atom. The summed E-state index contributed by atoms with van der Waals surface area (Å²) in [5.74, 6) is 0.339. The van der Waals surface area contributed by atoms with Crippen LogP contribution in [0.25, 0.3) is 0 Å². The van der Waals surface area contributed by atoms with Crippen LogP contribution in [0.15, 0.2) is 0 Å². The van der Waals surface area contributed by atoms with Crippen LogP contribution in [0.4, 0.5) is 0 Å². The Kier molecular flexibility index (Phi) is 4.31. The minimum Gasteiger partial charge on any atom is -0.351 e. The van der Waals surface area contributed by atoms with E-state index in [2.05, 4.69) is 17.1 Å². The van der Waals surface area contributed by atoms with Gasteiger partial charge in [-0.15, -0.1) is 0 Å². The van der Waals surface area contributed by atoms with Gasteiger partial charge in [0.2, 0.25) is 0 Å². The highest BCUT2D eigenvalue weighted by molar-refractivity contribution is 4.89. The third-order valence-corrected chi connectivity index (χ3v) is 2.80. The maximum absolute atomic E-state index is 5.32. The van der Waals surface area contributed by atoms with E-state index >= 15 is 0 Å². The fraction of sp³-hybridized carbons (Fsp3) is 1.00. The Bertz CT molecular complexity index is 164. The number of ether oxygens (including phenoxy) is 2. The standard InChI is InChI=1S/C10H22N2O2/c1-9(5-11-2)6-12-7-10(8-12,13-3)14-4/h9,11H,5-8H2,1-4H3. The summed E-state index contributed by atoms with van der Waals surface area (Å²) in [6.45, 7) is 6.18. The van der Waals surface area contributed by atoms with E-state index in [4.69, 9.17) is 9.47 Å². The van der Waals surface area contributed by atoms with E-state index in [-0.39, 0.29) is 5.79 Å². The van der Waals surface area contributed by atoms with E-state index in [1.165, 1.54) is 0 Å². The van der Waals surface area contributed by atoms with Crippen molar-refractivity contribution in [3.8, 4) is 0 Å². The summed E-state index contributed by atoms with van der Waals surface area (Å²) in [6.07, 6.45) is 0. The van der Waals surface area contributed by atoms with Gasteiger partial charge in [0.05, 0.1) is 13.1 Å². The van der Waals surface area contributed by atoms with Gasteiger partial charge in [-0.2, -0.15) is 0 Å². The molecule has 0 amide bonds. The lowest BCUT2D eigenvalue weighted by atomic mass is 10.0. The van der Waals surface area contributed by atoms with Crippen molar-refractivity contribution in [2.45, 2.75) is 12.7 Å². The lowest BCUT2D eigenvalue weighted by molar-refractivity contribution is -0.276. The number of nitrogens with zero attached hydrogens (tertiary/aromatic N) is 1. The predicted molar refractivity (Wildman–Crippen MR) is 56.3 cm³/mol. The van der Waals surface area contributed by atoms with Crippen LogP contribution in [0.1, 0.15) is 6.92 Å². The molecule has 1 rings (SSSR count). The lowest BCUT2D eigenvalue weighted by Gasteiger charge is -2.48. The van der Waals surface area contributed by atoms with Crippen LogP contribution < -0.4 is 5.32 Å². The first-order valence-corrected chi connectivity index (χ1v) is 5.13. The van der Waals surface area contributed by atoms with Gasteiger partial charge in [0, 0.05) is 20.8 Å². The molecule has 0 radical (unpaired) electrons. The summed E-state index contributed by atoms with van der Waals surface area (Å²) >= 11 is 0. The zero-order valence-corrected chi connectivity index (χ0v) is 9.67. The monoisotopic (exact) mass is 202 g/mol. The summed E-state index contributed by atoms with van der Waals surface area (Å²) in [5.41, 5.74) is 0. The van der Waals surface area contributed by atoms with Crippen molar-refractivity contribution in [3.05, 3.63) is 0 Å². The van der Waals surface area contributed by atoms with Gasteiger partial charge >= 0.3 is 0 Å². The average molecular weight is 202 g/mol. The molecule has 1 saturated heterocycles. The summed E-state index contributed by atoms with van der Waals surface area (Å²) in [7, 11) is 5.40. The number of hydrogen-bond acceptors (Lipinski definition) is 4. The number of hydrogen-bond donors (Lipinski definition) is 1. The Morgan fingerprint density at radius 2 is 1.93 bits per heavy atom. The molecule has 1 aliphatic rings. The number of methoxy groups -OCH3 is 2. The normalized spacial score (nSPS) is 23.1. The largest absolute Gasteiger partial charge is 0.351 e. The first-order valence-electron chi connectivity index (χ1n) is 5.13. The highest BCUT2D eigenvalue weighted by Gasteiger charge is 2.43. The molecule has 0 spiro atoms. The Hall–Kier alpha value is -0.160. The molecule has 84 valence electrons. The smallest absolute Gasteiger partial charge is 0.193 e. The summed E-state index contributed by atoms with van der Waals surface area (Å²) in [6, 6.07) is 0. The van der Waals surface area contributed by atoms with Crippen molar-refractivity contribution in [3.63, 3.8) is 0 Å². The van der Waals surface area contributed by atoms with Gasteiger partial charge in [-0.25, -0.2) is 0 Å². The number of likely N-dealkylation sites (tertiary alicyclic amines) is 1. The molecular weight excluding hydrogens is 180 g/mol. The average Bonchev–Trinajstić information content (AvgIpc) is 2.11. The molecule has 0 aromatic rings. The SMILES string of the molecule is CNCC(C)CN1CC(OC)(OC)C1. The molecule has 1 heterocycles. The maximum Gasteiger partial charge on any atom is 0.193 e. The van der Waals surface area contributed by atoms with E-state index in [0.29, 0.717) is 5.92 Å².